The molecule has 0 radical (unpaired) electrons. The molecule has 0 bridgehead atoms. The molecule has 1 amide bonds. The normalized spacial score (nSPS) is 20.3. The number of benzene rings is 2. The average Bonchev–Trinajstić information content (AvgIpc) is 2.52. The van der Waals surface area contributed by atoms with Gasteiger partial charge in [-0.3, -0.25) is 4.79 Å². The Morgan fingerprint density at radius 3 is 2.68 bits per heavy atom. The Hall–Kier alpha value is -2.20. The van der Waals surface area contributed by atoms with Crippen LogP contribution in [0.15, 0.2) is 48.5 Å². The van der Waals surface area contributed by atoms with Crippen LogP contribution in [0.1, 0.15) is 29.2 Å². The van der Waals surface area contributed by atoms with Gasteiger partial charge in [0, 0.05) is 0 Å². The Labute approximate surface area is 128 Å². The van der Waals surface area contributed by atoms with Gasteiger partial charge in [0.2, 0.25) is 5.91 Å². The van der Waals surface area contributed by atoms with Gasteiger partial charge in [-0.15, -0.1) is 0 Å². The van der Waals surface area contributed by atoms with Crippen molar-refractivity contribution in [3.63, 3.8) is 0 Å². The number of nitrogens with one attached hydrogen (secondary N) is 1. The van der Waals surface area contributed by atoms with Crippen molar-refractivity contribution in [2.75, 3.05) is 0 Å². The molecule has 0 heterocycles. The lowest BCUT2D eigenvalue weighted by Gasteiger charge is -2.31. The molecule has 2 N–H and O–H groups in total. The van der Waals surface area contributed by atoms with E-state index in [-0.39, 0.29) is 24.2 Å². The molecule has 0 fully saturated rings. The van der Waals surface area contributed by atoms with Crippen LogP contribution in [0.25, 0.3) is 0 Å². The Bertz CT molecular complexity index is 669. The van der Waals surface area contributed by atoms with Gasteiger partial charge in [-0.1, -0.05) is 36.4 Å². The molecule has 2 aromatic carbocycles. The van der Waals surface area contributed by atoms with Crippen molar-refractivity contribution in [3.8, 4) is 0 Å². The topological polar surface area (TPSA) is 49.3 Å². The van der Waals surface area contributed by atoms with E-state index in [1.54, 1.807) is 12.1 Å². The van der Waals surface area contributed by atoms with Crippen LogP contribution in [0.5, 0.6) is 0 Å². The molecule has 4 heteroatoms. The maximum atomic E-state index is 12.9. The molecule has 2 aromatic rings. The third-order valence-corrected chi connectivity index (χ3v) is 4.08. The highest BCUT2D eigenvalue weighted by Crippen LogP contribution is 2.29. The summed E-state index contributed by atoms with van der Waals surface area (Å²) in [6.45, 7) is 0. The minimum Gasteiger partial charge on any atom is -0.391 e. The first-order chi connectivity index (χ1) is 10.6. The van der Waals surface area contributed by atoms with Gasteiger partial charge in [-0.05, 0) is 41.7 Å². The maximum absolute atomic E-state index is 12.9. The third-order valence-electron chi connectivity index (χ3n) is 4.08. The van der Waals surface area contributed by atoms with Crippen molar-refractivity contribution >= 4 is 5.91 Å². The number of hydrogen-bond donors (Lipinski definition) is 2. The zero-order valence-electron chi connectivity index (χ0n) is 12.1. The smallest absolute Gasteiger partial charge is 0.224 e. The second-order valence-corrected chi connectivity index (χ2v) is 5.65. The summed E-state index contributed by atoms with van der Waals surface area (Å²) in [5, 5.41) is 13.1. The highest BCUT2D eigenvalue weighted by Gasteiger charge is 2.28. The summed E-state index contributed by atoms with van der Waals surface area (Å²) >= 11 is 0. The molecule has 1 aliphatic carbocycles. The van der Waals surface area contributed by atoms with E-state index in [0.717, 1.165) is 17.5 Å². The first-order valence-electron chi connectivity index (χ1n) is 7.43. The van der Waals surface area contributed by atoms with Crippen LogP contribution in [0.2, 0.25) is 0 Å². The first kappa shape index (κ1) is 14.7. The van der Waals surface area contributed by atoms with E-state index in [2.05, 4.69) is 5.32 Å². The fourth-order valence-corrected chi connectivity index (χ4v) is 2.93. The van der Waals surface area contributed by atoms with E-state index in [1.807, 2.05) is 24.3 Å². The first-order valence-corrected chi connectivity index (χ1v) is 7.43. The molecule has 0 saturated heterocycles. The number of amides is 1. The summed E-state index contributed by atoms with van der Waals surface area (Å²) < 4.78 is 12.9. The summed E-state index contributed by atoms with van der Waals surface area (Å²) in [6, 6.07) is 13.4. The second-order valence-electron chi connectivity index (χ2n) is 5.65. The number of aliphatic hydroxyl groups excluding tert-OH is 1. The second kappa shape index (κ2) is 6.28. The van der Waals surface area contributed by atoms with Crippen LogP contribution in [0, 0.1) is 5.82 Å². The molecule has 0 aliphatic heterocycles. The Morgan fingerprint density at radius 1 is 1.18 bits per heavy atom. The van der Waals surface area contributed by atoms with Crippen LogP contribution in [-0.2, 0) is 17.6 Å². The highest BCUT2D eigenvalue weighted by atomic mass is 19.1. The standard InChI is InChI=1S/C18H18FNO2/c19-14-8-5-12(6-9-14)11-17(22)20-18-15-4-2-1-3-13(15)7-10-16(18)21/h1-6,8-9,16,18,21H,7,10-11H2,(H,20,22)/t16-,18+/m0/s1. The number of carbonyl (C=O) groups is 1. The molecular weight excluding hydrogens is 281 g/mol. The average molecular weight is 299 g/mol. The van der Waals surface area contributed by atoms with E-state index < -0.39 is 6.10 Å². The molecule has 3 nitrogen and oxygen atoms in total. The van der Waals surface area contributed by atoms with Gasteiger partial charge < -0.3 is 10.4 Å². The summed E-state index contributed by atoms with van der Waals surface area (Å²) in [5.74, 6) is -0.492. The zero-order valence-corrected chi connectivity index (χ0v) is 12.1. The number of halogens is 1. The van der Waals surface area contributed by atoms with Crippen molar-refractivity contribution in [2.24, 2.45) is 0 Å². The molecule has 0 aromatic heterocycles. The van der Waals surface area contributed by atoms with Gasteiger partial charge in [-0.2, -0.15) is 0 Å². The summed E-state index contributed by atoms with van der Waals surface area (Å²) in [7, 11) is 0. The molecule has 22 heavy (non-hydrogen) atoms. The molecule has 0 saturated carbocycles. The number of aliphatic hydroxyl groups is 1. The summed E-state index contributed by atoms with van der Waals surface area (Å²) in [5.41, 5.74) is 2.89. The minimum atomic E-state index is -0.577. The quantitative estimate of drug-likeness (QED) is 0.915. The third kappa shape index (κ3) is 3.17. The van der Waals surface area contributed by atoms with Gasteiger partial charge >= 0.3 is 0 Å². The predicted molar refractivity (Wildman–Crippen MR) is 81.8 cm³/mol. The number of fused-ring (bicyclic) bond motifs is 1. The van der Waals surface area contributed by atoms with E-state index in [0.29, 0.717) is 6.42 Å². The van der Waals surface area contributed by atoms with Gasteiger partial charge in [-0.25, -0.2) is 4.39 Å². The monoisotopic (exact) mass is 299 g/mol. The summed E-state index contributed by atoms with van der Waals surface area (Å²) in [6.07, 6.45) is 1.05. The maximum Gasteiger partial charge on any atom is 0.224 e. The number of carbonyl (C=O) groups excluding carboxylic acids is 1. The van der Waals surface area contributed by atoms with E-state index in [1.165, 1.54) is 17.7 Å². The minimum absolute atomic E-state index is 0.172. The fourth-order valence-electron chi connectivity index (χ4n) is 2.93. The van der Waals surface area contributed by atoms with Crippen molar-refractivity contribution in [1.82, 2.24) is 5.32 Å². The lowest BCUT2D eigenvalue weighted by atomic mass is 9.85. The van der Waals surface area contributed by atoms with Crippen LogP contribution < -0.4 is 5.32 Å². The van der Waals surface area contributed by atoms with Crippen LogP contribution in [0.4, 0.5) is 4.39 Å². The van der Waals surface area contributed by atoms with Gasteiger partial charge in [0.1, 0.15) is 5.82 Å². The fraction of sp³-hybridized carbons (Fsp3) is 0.278. The molecule has 0 unspecified atom stereocenters. The van der Waals surface area contributed by atoms with Crippen molar-refractivity contribution in [1.29, 1.82) is 0 Å². The van der Waals surface area contributed by atoms with E-state index >= 15 is 0 Å². The molecule has 0 spiro atoms. The predicted octanol–water partition coefficient (Wildman–Crippen LogP) is 2.53. The largest absolute Gasteiger partial charge is 0.391 e. The lowest BCUT2D eigenvalue weighted by Crippen LogP contribution is -2.39. The molecule has 114 valence electrons. The Balaban J connectivity index is 1.72. The molecular formula is C18H18FNO2. The van der Waals surface area contributed by atoms with Crippen LogP contribution in [-0.4, -0.2) is 17.1 Å². The van der Waals surface area contributed by atoms with Crippen LogP contribution >= 0.6 is 0 Å². The van der Waals surface area contributed by atoms with Crippen molar-refractivity contribution in [2.45, 2.75) is 31.4 Å². The number of aryl methyl sites for hydroxylation is 1. The van der Waals surface area contributed by atoms with E-state index in [9.17, 15) is 14.3 Å². The number of rotatable bonds is 3. The SMILES string of the molecule is O=C(Cc1ccc(F)cc1)N[C@@H]1c2ccccc2CC[C@@H]1O. The molecule has 3 rings (SSSR count). The summed E-state index contributed by atoms with van der Waals surface area (Å²) in [4.78, 5) is 12.2. The Kier molecular flexibility index (Phi) is 4.20. The van der Waals surface area contributed by atoms with E-state index in [4.69, 9.17) is 0 Å². The van der Waals surface area contributed by atoms with Crippen LogP contribution in [0.3, 0.4) is 0 Å². The zero-order chi connectivity index (χ0) is 15.5. The number of hydrogen-bond acceptors (Lipinski definition) is 2. The molecule has 2 atom stereocenters. The Morgan fingerprint density at radius 2 is 1.91 bits per heavy atom. The van der Waals surface area contributed by atoms with Crippen molar-refractivity contribution in [3.05, 3.63) is 71.0 Å². The van der Waals surface area contributed by atoms with Gasteiger partial charge in [0.25, 0.3) is 0 Å². The van der Waals surface area contributed by atoms with Crippen molar-refractivity contribution < 1.29 is 14.3 Å². The molecule has 1 aliphatic rings. The highest BCUT2D eigenvalue weighted by molar-refractivity contribution is 5.79. The lowest BCUT2D eigenvalue weighted by molar-refractivity contribution is -0.122. The van der Waals surface area contributed by atoms with Gasteiger partial charge in [0.05, 0.1) is 18.6 Å². The van der Waals surface area contributed by atoms with Gasteiger partial charge in [0.15, 0.2) is 0 Å².